The van der Waals surface area contributed by atoms with E-state index >= 15 is 0 Å². The van der Waals surface area contributed by atoms with Gasteiger partial charge < -0.3 is 20.1 Å². The van der Waals surface area contributed by atoms with Gasteiger partial charge in [0.25, 0.3) is 0 Å². The smallest absolute Gasteiger partial charge is 0.462 e. The van der Waals surface area contributed by atoms with Gasteiger partial charge in [-0.1, -0.05) is 279 Å². The van der Waals surface area contributed by atoms with Crippen LogP contribution >= 0.6 is 7.82 Å². The van der Waals surface area contributed by atoms with E-state index in [1.54, 1.807) is 0 Å². The molecule has 0 aromatic carbocycles. The Bertz CT molecular complexity index is 1470. The number of ether oxygens (including phenoxy) is 2. The first-order valence-corrected chi connectivity index (χ1v) is 33.4. The highest BCUT2D eigenvalue weighted by molar-refractivity contribution is 7.47. The number of esters is 2. The van der Waals surface area contributed by atoms with Crippen molar-refractivity contribution in [1.82, 2.24) is 0 Å². The molecule has 0 aliphatic heterocycles. The summed E-state index contributed by atoms with van der Waals surface area (Å²) >= 11 is 0. The zero-order valence-electron chi connectivity index (χ0n) is 49.5. The molecule has 0 rings (SSSR count). The van der Waals surface area contributed by atoms with Gasteiger partial charge in [0.05, 0.1) is 13.2 Å². The summed E-state index contributed by atoms with van der Waals surface area (Å²) in [5, 5.41) is 0. The molecule has 0 fully saturated rings. The van der Waals surface area contributed by atoms with Crippen molar-refractivity contribution in [3.63, 3.8) is 0 Å². The SMILES string of the molecule is CC/C=C\C/C=C\C/C=C\C/C=C\C/C=C\CCCCCCCCCCCCCCCCCCCCCCCCCCCC(=O)OC(COC(=O)CCCCCCC/C=C\CCCCCCC)COP(=O)(O)OCCN. The molecule has 76 heavy (non-hydrogen) atoms. The third-order valence-corrected chi connectivity index (χ3v) is 14.8. The Morgan fingerprint density at radius 1 is 0.408 bits per heavy atom. The molecule has 10 heteroatoms. The highest BCUT2D eigenvalue weighted by atomic mass is 31.2. The molecule has 442 valence electrons. The summed E-state index contributed by atoms with van der Waals surface area (Å²) in [7, 11) is -4.39. The predicted octanol–water partition coefficient (Wildman–Crippen LogP) is 20.5. The number of nitrogens with two attached hydrogens (primary N) is 1. The molecule has 0 saturated heterocycles. The summed E-state index contributed by atoms with van der Waals surface area (Å²) in [6.45, 7) is 3.64. The average Bonchev–Trinajstić information content (AvgIpc) is 3.41. The van der Waals surface area contributed by atoms with Crippen molar-refractivity contribution in [1.29, 1.82) is 0 Å². The van der Waals surface area contributed by atoms with E-state index in [2.05, 4.69) is 86.8 Å². The van der Waals surface area contributed by atoms with Crippen LogP contribution in [-0.2, 0) is 32.7 Å². The summed E-state index contributed by atoms with van der Waals surface area (Å²) in [4.78, 5) is 35.1. The molecular formula is C66H120NO8P. The largest absolute Gasteiger partial charge is 0.472 e. The van der Waals surface area contributed by atoms with Crippen LogP contribution in [0.1, 0.15) is 303 Å². The summed E-state index contributed by atoms with van der Waals surface area (Å²) in [5.41, 5.74) is 5.38. The highest BCUT2D eigenvalue weighted by Gasteiger charge is 2.26. The van der Waals surface area contributed by atoms with Crippen molar-refractivity contribution >= 4 is 19.8 Å². The molecular weight excluding hydrogens is 966 g/mol. The second-order valence-electron chi connectivity index (χ2n) is 21.2. The van der Waals surface area contributed by atoms with Gasteiger partial charge >= 0.3 is 19.8 Å². The Labute approximate surface area is 469 Å². The maximum absolute atomic E-state index is 12.7. The number of hydrogen-bond donors (Lipinski definition) is 2. The number of hydrogen-bond acceptors (Lipinski definition) is 8. The average molecular weight is 1090 g/mol. The first-order valence-electron chi connectivity index (χ1n) is 31.9. The van der Waals surface area contributed by atoms with E-state index in [4.69, 9.17) is 24.3 Å². The van der Waals surface area contributed by atoms with Gasteiger partial charge in [-0.3, -0.25) is 18.6 Å². The van der Waals surface area contributed by atoms with Crippen molar-refractivity contribution in [2.75, 3.05) is 26.4 Å². The summed E-state index contributed by atoms with van der Waals surface area (Å²) in [5.74, 6) is -0.826. The van der Waals surface area contributed by atoms with Crippen molar-refractivity contribution in [2.24, 2.45) is 5.73 Å². The Morgan fingerprint density at radius 2 is 0.724 bits per heavy atom. The number of rotatable bonds is 60. The first-order chi connectivity index (χ1) is 37.3. The van der Waals surface area contributed by atoms with E-state index in [0.717, 1.165) is 83.5 Å². The Hall–Kier alpha value is -2.55. The lowest BCUT2D eigenvalue weighted by atomic mass is 10.0. The molecule has 9 nitrogen and oxygen atoms in total. The maximum Gasteiger partial charge on any atom is 0.472 e. The molecule has 2 atom stereocenters. The van der Waals surface area contributed by atoms with Gasteiger partial charge in [-0.25, -0.2) is 4.57 Å². The minimum Gasteiger partial charge on any atom is -0.462 e. The van der Waals surface area contributed by atoms with Gasteiger partial charge in [-0.15, -0.1) is 0 Å². The Balaban J connectivity index is 3.75. The lowest BCUT2D eigenvalue weighted by molar-refractivity contribution is -0.161. The molecule has 0 aliphatic rings. The van der Waals surface area contributed by atoms with Gasteiger partial charge in [0.2, 0.25) is 0 Å². The molecule has 0 saturated carbocycles. The van der Waals surface area contributed by atoms with E-state index in [9.17, 15) is 19.0 Å². The summed E-state index contributed by atoms with van der Waals surface area (Å²) in [6, 6.07) is 0. The van der Waals surface area contributed by atoms with Crippen LogP contribution in [0, 0.1) is 0 Å². The number of phosphoric ester groups is 1. The standard InChI is InChI=1S/C66H120NO8P/c1-3-5-7-9-11-13-15-17-19-20-21-22-23-24-25-26-27-28-29-30-31-32-33-34-35-36-37-38-39-40-41-42-43-44-45-47-49-51-53-55-57-59-66(69)75-64(63-74-76(70,71)73-61-60-67)62-72-65(68)58-56-54-52-50-48-46-18-16-14-12-10-8-6-4-2/h5,7,11,13,16-19,21-22,24-25,64H,3-4,6,8-10,12,14-15,20,23,26-63,67H2,1-2H3,(H,70,71)/b7-5-,13-11-,18-16-,19-17-,22-21-,25-24-. The molecule has 0 aromatic rings. The van der Waals surface area contributed by atoms with Crippen LogP contribution in [0.2, 0.25) is 0 Å². The van der Waals surface area contributed by atoms with E-state index in [1.807, 2.05) is 0 Å². The number of allylic oxidation sites excluding steroid dienone is 12. The zero-order chi connectivity index (χ0) is 55.2. The van der Waals surface area contributed by atoms with Crippen LogP contribution in [0.3, 0.4) is 0 Å². The van der Waals surface area contributed by atoms with E-state index in [0.29, 0.717) is 6.42 Å². The number of phosphoric acid groups is 1. The second kappa shape index (κ2) is 61.7. The van der Waals surface area contributed by atoms with Crippen LogP contribution in [0.4, 0.5) is 0 Å². The third kappa shape index (κ3) is 60.7. The maximum atomic E-state index is 12.7. The monoisotopic (exact) mass is 1090 g/mol. The molecule has 2 unspecified atom stereocenters. The fraction of sp³-hybridized carbons (Fsp3) is 0.788. The lowest BCUT2D eigenvalue weighted by Gasteiger charge is -2.19. The summed E-state index contributed by atoms with van der Waals surface area (Å²) in [6.07, 6.45) is 80.0. The molecule has 0 spiro atoms. The lowest BCUT2D eigenvalue weighted by Crippen LogP contribution is -2.29. The minimum absolute atomic E-state index is 0.0529. The fourth-order valence-corrected chi connectivity index (χ4v) is 9.90. The number of carbonyl (C=O) groups is 2. The van der Waals surface area contributed by atoms with Crippen LogP contribution in [0.15, 0.2) is 72.9 Å². The highest BCUT2D eigenvalue weighted by Crippen LogP contribution is 2.43. The van der Waals surface area contributed by atoms with E-state index in [1.165, 1.54) is 186 Å². The van der Waals surface area contributed by atoms with Crippen LogP contribution < -0.4 is 5.73 Å². The molecule has 0 aliphatic carbocycles. The molecule has 0 heterocycles. The molecule has 0 aromatic heterocycles. The Morgan fingerprint density at radius 3 is 1.09 bits per heavy atom. The molecule has 0 amide bonds. The van der Waals surface area contributed by atoms with Crippen molar-refractivity contribution in [3.05, 3.63) is 72.9 Å². The van der Waals surface area contributed by atoms with Crippen molar-refractivity contribution in [3.8, 4) is 0 Å². The van der Waals surface area contributed by atoms with Gasteiger partial charge in [-0.2, -0.15) is 0 Å². The fourth-order valence-electron chi connectivity index (χ4n) is 9.13. The van der Waals surface area contributed by atoms with Gasteiger partial charge in [0.1, 0.15) is 6.61 Å². The van der Waals surface area contributed by atoms with Gasteiger partial charge in [0.15, 0.2) is 6.10 Å². The van der Waals surface area contributed by atoms with E-state index in [-0.39, 0.29) is 38.6 Å². The summed E-state index contributed by atoms with van der Waals surface area (Å²) < 4.78 is 33.0. The second-order valence-corrected chi connectivity index (χ2v) is 22.7. The van der Waals surface area contributed by atoms with Gasteiger partial charge in [-0.05, 0) is 83.5 Å². The van der Waals surface area contributed by atoms with Gasteiger partial charge in [0, 0.05) is 19.4 Å². The van der Waals surface area contributed by atoms with E-state index < -0.39 is 26.5 Å². The van der Waals surface area contributed by atoms with Crippen LogP contribution in [-0.4, -0.2) is 49.3 Å². The quantitative estimate of drug-likeness (QED) is 0.0264. The van der Waals surface area contributed by atoms with Crippen molar-refractivity contribution < 1.29 is 37.6 Å². The van der Waals surface area contributed by atoms with Crippen molar-refractivity contribution in [2.45, 2.75) is 309 Å². The van der Waals surface area contributed by atoms with Crippen LogP contribution in [0.25, 0.3) is 0 Å². The number of carbonyl (C=O) groups excluding carboxylic acids is 2. The van der Waals surface area contributed by atoms with Crippen LogP contribution in [0.5, 0.6) is 0 Å². The normalized spacial score (nSPS) is 13.5. The Kier molecular flexibility index (Phi) is 59.6. The zero-order valence-corrected chi connectivity index (χ0v) is 50.4. The predicted molar refractivity (Wildman–Crippen MR) is 326 cm³/mol. The minimum atomic E-state index is -4.39. The molecule has 3 N–H and O–H groups in total. The number of unbranched alkanes of at least 4 members (excludes halogenated alkanes) is 35. The molecule has 0 radical (unpaired) electrons. The molecule has 0 bridgehead atoms. The first kappa shape index (κ1) is 73.5. The third-order valence-electron chi connectivity index (χ3n) is 13.8. The topological polar surface area (TPSA) is 134 Å².